The monoisotopic (exact) mass is 240 g/mol. The van der Waals surface area contributed by atoms with Crippen LogP contribution in [0.4, 0.5) is 0 Å². The quantitative estimate of drug-likeness (QED) is 0.796. The minimum atomic E-state index is -0.133. The molecule has 1 aliphatic carbocycles. The number of aliphatic hydroxyl groups excluding tert-OH is 1. The van der Waals surface area contributed by atoms with Crippen LogP contribution in [0.25, 0.3) is 0 Å². The number of aromatic nitrogens is 1. The first-order chi connectivity index (χ1) is 7.67. The van der Waals surface area contributed by atoms with Crippen LogP contribution >= 0.6 is 11.3 Å². The maximum absolute atomic E-state index is 9.62. The number of aryl methyl sites for hydroxylation is 1. The van der Waals surface area contributed by atoms with Crippen molar-refractivity contribution in [3.05, 3.63) is 16.1 Å². The SMILES string of the molecule is Cc1csc(CC(CN)(CO)CC2CC2)n1. The van der Waals surface area contributed by atoms with Gasteiger partial charge in [0.2, 0.25) is 0 Å². The molecule has 1 aromatic rings. The lowest BCUT2D eigenvalue weighted by molar-refractivity contribution is 0.115. The summed E-state index contributed by atoms with van der Waals surface area (Å²) in [5.74, 6) is 0.789. The van der Waals surface area contributed by atoms with E-state index >= 15 is 0 Å². The number of hydrogen-bond acceptors (Lipinski definition) is 4. The smallest absolute Gasteiger partial charge is 0.0935 e. The van der Waals surface area contributed by atoms with Crippen molar-refractivity contribution < 1.29 is 5.11 Å². The molecular formula is C12H20N2OS. The van der Waals surface area contributed by atoms with Gasteiger partial charge in [-0.25, -0.2) is 4.98 Å². The van der Waals surface area contributed by atoms with Crippen molar-refractivity contribution in [2.75, 3.05) is 13.2 Å². The minimum absolute atomic E-state index is 0.133. The number of thiazole rings is 1. The van der Waals surface area contributed by atoms with Crippen molar-refractivity contribution in [2.24, 2.45) is 17.1 Å². The first-order valence-corrected chi connectivity index (χ1v) is 6.77. The lowest BCUT2D eigenvalue weighted by Gasteiger charge is -2.29. The molecule has 0 bridgehead atoms. The van der Waals surface area contributed by atoms with Gasteiger partial charge in [0, 0.05) is 29.5 Å². The second kappa shape index (κ2) is 4.82. The summed E-state index contributed by atoms with van der Waals surface area (Å²) in [6, 6.07) is 0. The van der Waals surface area contributed by atoms with Gasteiger partial charge in [0.25, 0.3) is 0 Å². The summed E-state index contributed by atoms with van der Waals surface area (Å²) in [5, 5.41) is 12.8. The molecule has 1 unspecified atom stereocenters. The lowest BCUT2D eigenvalue weighted by atomic mass is 9.80. The molecule has 4 heteroatoms. The Kier molecular flexibility index (Phi) is 3.62. The average molecular weight is 240 g/mol. The largest absolute Gasteiger partial charge is 0.396 e. The van der Waals surface area contributed by atoms with Crippen LogP contribution in [0.5, 0.6) is 0 Å². The Balaban J connectivity index is 2.05. The van der Waals surface area contributed by atoms with Gasteiger partial charge in [-0.3, -0.25) is 0 Å². The topological polar surface area (TPSA) is 59.1 Å². The van der Waals surface area contributed by atoms with Gasteiger partial charge < -0.3 is 10.8 Å². The van der Waals surface area contributed by atoms with Crippen molar-refractivity contribution in [1.29, 1.82) is 0 Å². The van der Waals surface area contributed by atoms with Crippen molar-refractivity contribution >= 4 is 11.3 Å². The van der Waals surface area contributed by atoms with Crippen molar-refractivity contribution in [1.82, 2.24) is 4.98 Å². The zero-order valence-corrected chi connectivity index (χ0v) is 10.6. The van der Waals surface area contributed by atoms with Gasteiger partial charge in [-0.15, -0.1) is 11.3 Å². The molecule has 90 valence electrons. The van der Waals surface area contributed by atoms with E-state index < -0.39 is 0 Å². The first kappa shape index (κ1) is 12.0. The molecule has 0 amide bonds. The third-order valence-electron chi connectivity index (χ3n) is 3.38. The second-order valence-electron chi connectivity index (χ2n) is 5.07. The average Bonchev–Trinajstić information content (AvgIpc) is 3.00. The highest BCUT2D eigenvalue weighted by molar-refractivity contribution is 7.09. The minimum Gasteiger partial charge on any atom is -0.396 e. The standard InChI is InChI=1S/C12H20N2OS/c1-9-6-16-11(14-9)5-12(7-13,8-15)4-10-2-3-10/h6,10,15H,2-5,7-8,13H2,1H3. The predicted octanol–water partition coefficient (Wildman–Crippen LogP) is 1.73. The number of nitrogens with two attached hydrogens (primary N) is 1. The highest BCUT2D eigenvalue weighted by atomic mass is 32.1. The molecule has 0 saturated heterocycles. The van der Waals surface area contributed by atoms with Gasteiger partial charge >= 0.3 is 0 Å². The summed E-state index contributed by atoms with van der Waals surface area (Å²) in [6.45, 7) is 2.74. The molecule has 1 aliphatic rings. The van der Waals surface area contributed by atoms with Crippen LogP contribution in [0.2, 0.25) is 0 Å². The number of aliphatic hydroxyl groups is 1. The molecule has 0 aliphatic heterocycles. The fourth-order valence-corrected chi connectivity index (χ4v) is 3.10. The molecule has 3 nitrogen and oxygen atoms in total. The van der Waals surface area contributed by atoms with Gasteiger partial charge in [-0.05, 0) is 19.3 Å². The molecule has 0 spiro atoms. The molecular weight excluding hydrogens is 220 g/mol. The highest BCUT2D eigenvalue weighted by Crippen LogP contribution is 2.41. The second-order valence-corrected chi connectivity index (χ2v) is 6.01. The summed E-state index contributed by atoms with van der Waals surface area (Å²) in [5.41, 5.74) is 6.80. The molecule has 3 N–H and O–H groups in total. The Hall–Kier alpha value is -0.450. The van der Waals surface area contributed by atoms with E-state index in [9.17, 15) is 5.11 Å². The molecule has 0 radical (unpaired) electrons. The number of nitrogens with zero attached hydrogens (tertiary/aromatic N) is 1. The van der Waals surface area contributed by atoms with E-state index in [4.69, 9.17) is 5.73 Å². The van der Waals surface area contributed by atoms with Gasteiger partial charge in [0.15, 0.2) is 0 Å². The van der Waals surface area contributed by atoms with E-state index in [2.05, 4.69) is 10.4 Å². The Labute approximate surface area is 101 Å². The van der Waals surface area contributed by atoms with Crippen LogP contribution in [0.15, 0.2) is 5.38 Å². The summed E-state index contributed by atoms with van der Waals surface area (Å²) in [4.78, 5) is 4.47. The van der Waals surface area contributed by atoms with E-state index in [0.29, 0.717) is 6.54 Å². The lowest BCUT2D eigenvalue weighted by Crippen LogP contribution is -2.37. The summed E-state index contributed by atoms with van der Waals surface area (Å²) in [7, 11) is 0. The Morgan fingerprint density at radius 1 is 1.62 bits per heavy atom. The van der Waals surface area contributed by atoms with Gasteiger partial charge in [0.1, 0.15) is 0 Å². The van der Waals surface area contributed by atoms with Crippen LogP contribution in [-0.4, -0.2) is 23.2 Å². The molecule has 1 saturated carbocycles. The number of rotatable bonds is 6. The molecule has 16 heavy (non-hydrogen) atoms. The zero-order chi connectivity index (χ0) is 11.6. The molecule has 1 fully saturated rings. The van der Waals surface area contributed by atoms with E-state index in [1.807, 2.05) is 6.92 Å². The maximum atomic E-state index is 9.62. The first-order valence-electron chi connectivity index (χ1n) is 5.89. The highest BCUT2D eigenvalue weighted by Gasteiger charge is 2.36. The summed E-state index contributed by atoms with van der Waals surface area (Å²) in [6.07, 6.45) is 4.49. The predicted molar refractivity (Wildman–Crippen MR) is 66.5 cm³/mol. The molecule has 1 atom stereocenters. The van der Waals surface area contributed by atoms with Crippen molar-refractivity contribution in [3.63, 3.8) is 0 Å². The van der Waals surface area contributed by atoms with Gasteiger partial charge in [-0.2, -0.15) is 0 Å². The van der Waals surface area contributed by atoms with Gasteiger partial charge in [-0.1, -0.05) is 12.8 Å². The van der Waals surface area contributed by atoms with Crippen LogP contribution in [0.3, 0.4) is 0 Å². The van der Waals surface area contributed by atoms with Gasteiger partial charge in [0.05, 0.1) is 11.6 Å². The van der Waals surface area contributed by atoms with E-state index in [-0.39, 0.29) is 12.0 Å². The molecule has 1 aromatic heterocycles. The zero-order valence-electron chi connectivity index (χ0n) is 9.78. The third-order valence-corrected chi connectivity index (χ3v) is 4.35. The van der Waals surface area contributed by atoms with Crippen LogP contribution in [0.1, 0.15) is 30.0 Å². The van der Waals surface area contributed by atoms with E-state index in [1.165, 1.54) is 12.8 Å². The normalized spacial score (nSPS) is 19.7. The fourth-order valence-electron chi connectivity index (χ4n) is 2.15. The van der Waals surface area contributed by atoms with E-state index in [0.717, 1.165) is 29.5 Å². The molecule has 2 rings (SSSR count). The third kappa shape index (κ3) is 2.81. The van der Waals surface area contributed by atoms with Crippen LogP contribution < -0.4 is 5.73 Å². The Bertz CT molecular complexity index is 343. The Morgan fingerprint density at radius 3 is 2.81 bits per heavy atom. The summed E-state index contributed by atoms with van der Waals surface area (Å²) < 4.78 is 0. The van der Waals surface area contributed by atoms with Crippen molar-refractivity contribution in [3.8, 4) is 0 Å². The van der Waals surface area contributed by atoms with E-state index in [1.54, 1.807) is 11.3 Å². The molecule has 0 aromatic carbocycles. The van der Waals surface area contributed by atoms with Crippen molar-refractivity contribution in [2.45, 2.75) is 32.6 Å². The fraction of sp³-hybridized carbons (Fsp3) is 0.750. The van der Waals surface area contributed by atoms with Crippen LogP contribution in [-0.2, 0) is 6.42 Å². The maximum Gasteiger partial charge on any atom is 0.0935 e. The Morgan fingerprint density at radius 2 is 2.38 bits per heavy atom. The van der Waals surface area contributed by atoms with Crippen LogP contribution in [0, 0.1) is 18.3 Å². The molecule has 1 heterocycles. The summed E-state index contributed by atoms with van der Waals surface area (Å²) >= 11 is 1.68. The number of hydrogen-bond donors (Lipinski definition) is 2.